The summed E-state index contributed by atoms with van der Waals surface area (Å²) in [6.07, 6.45) is 1.65. The van der Waals surface area contributed by atoms with Crippen LogP contribution in [0, 0.1) is 4.77 Å². The average molecular weight is 251 g/mol. The maximum absolute atomic E-state index is 10.9. The zero-order valence-electron chi connectivity index (χ0n) is 8.30. The lowest BCUT2D eigenvalue weighted by molar-refractivity contribution is 0.264. The standard InChI is InChI=1S/C7H13N3O3S2/c1-15(12,13)4-2-3-10-6(5-11)8-9-7(10)14/h11H,2-5H2,1H3,(H,9,14). The molecule has 1 aromatic rings. The Labute approximate surface area is 92.9 Å². The van der Waals surface area contributed by atoms with Gasteiger partial charge in [-0.15, -0.1) is 0 Å². The fourth-order valence-corrected chi connectivity index (χ4v) is 2.08. The number of sulfone groups is 1. The number of aromatic amines is 1. The van der Waals surface area contributed by atoms with Crippen LogP contribution in [0.3, 0.4) is 0 Å². The van der Waals surface area contributed by atoms with Gasteiger partial charge < -0.3 is 9.67 Å². The molecule has 1 heterocycles. The van der Waals surface area contributed by atoms with Crippen LogP contribution in [0.25, 0.3) is 0 Å². The summed E-state index contributed by atoms with van der Waals surface area (Å²) in [5, 5.41) is 15.3. The van der Waals surface area contributed by atoms with Crippen molar-refractivity contribution in [1.29, 1.82) is 0 Å². The van der Waals surface area contributed by atoms with Crippen molar-refractivity contribution in [2.24, 2.45) is 0 Å². The minimum Gasteiger partial charge on any atom is -0.388 e. The lowest BCUT2D eigenvalue weighted by atomic mass is 10.4. The summed E-state index contributed by atoms with van der Waals surface area (Å²) in [4.78, 5) is 0. The van der Waals surface area contributed by atoms with E-state index in [4.69, 9.17) is 17.3 Å². The van der Waals surface area contributed by atoms with E-state index in [1.807, 2.05) is 0 Å². The second-order valence-electron chi connectivity index (χ2n) is 3.24. The first-order chi connectivity index (χ1) is 6.94. The molecule has 0 aliphatic heterocycles. The highest BCUT2D eigenvalue weighted by Gasteiger charge is 2.06. The third-order valence-corrected chi connectivity index (χ3v) is 3.22. The van der Waals surface area contributed by atoms with E-state index in [0.29, 0.717) is 23.6 Å². The smallest absolute Gasteiger partial charge is 0.195 e. The predicted molar refractivity (Wildman–Crippen MR) is 57.7 cm³/mol. The molecule has 0 fully saturated rings. The highest BCUT2D eigenvalue weighted by atomic mass is 32.2. The Balaban J connectivity index is 2.65. The number of rotatable bonds is 5. The van der Waals surface area contributed by atoms with Gasteiger partial charge >= 0.3 is 0 Å². The first-order valence-corrected chi connectivity index (χ1v) is 6.83. The Kier molecular flexibility index (Phi) is 4.00. The fourth-order valence-electron chi connectivity index (χ4n) is 1.19. The van der Waals surface area contributed by atoms with E-state index in [9.17, 15) is 8.42 Å². The largest absolute Gasteiger partial charge is 0.388 e. The van der Waals surface area contributed by atoms with Crippen LogP contribution < -0.4 is 0 Å². The van der Waals surface area contributed by atoms with Crippen LogP contribution in [0.1, 0.15) is 12.2 Å². The Morgan fingerprint density at radius 1 is 1.60 bits per heavy atom. The SMILES string of the molecule is CS(=O)(=O)CCCn1c(CO)n[nH]c1=S. The Morgan fingerprint density at radius 2 is 2.27 bits per heavy atom. The summed E-state index contributed by atoms with van der Waals surface area (Å²) in [6.45, 7) is 0.226. The van der Waals surface area contributed by atoms with Crippen LogP contribution in [-0.2, 0) is 23.0 Å². The average Bonchev–Trinajstić information content (AvgIpc) is 2.46. The lowest BCUT2D eigenvalue weighted by Gasteiger charge is -2.03. The van der Waals surface area contributed by atoms with Crippen molar-refractivity contribution in [1.82, 2.24) is 14.8 Å². The van der Waals surface area contributed by atoms with Crippen LogP contribution in [-0.4, -0.2) is 40.3 Å². The van der Waals surface area contributed by atoms with Gasteiger partial charge in [-0.25, -0.2) is 8.42 Å². The number of H-pyrrole nitrogens is 1. The second kappa shape index (κ2) is 4.86. The van der Waals surface area contributed by atoms with Crippen molar-refractivity contribution < 1.29 is 13.5 Å². The lowest BCUT2D eigenvalue weighted by Crippen LogP contribution is -2.09. The van der Waals surface area contributed by atoms with Gasteiger partial charge in [0.05, 0.1) is 5.75 Å². The zero-order valence-corrected chi connectivity index (χ0v) is 9.94. The number of aliphatic hydroxyl groups excluding tert-OH is 1. The van der Waals surface area contributed by atoms with Gasteiger partial charge in [-0.2, -0.15) is 5.10 Å². The second-order valence-corrected chi connectivity index (χ2v) is 5.88. The molecule has 86 valence electrons. The minimum absolute atomic E-state index is 0.102. The summed E-state index contributed by atoms with van der Waals surface area (Å²) >= 11 is 4.93. The van der Waals surface area contributed by atoms with Crippen LogP contribution in [0.5, 0.6) is 0 Å². The van der Waals surface area contributed by atoms with E-state index in [1.54, 1.807) is 4.57 Å². The van der Waals surface area contributed by atoms with Gasteiger partial charge in [-0.05, 0) is 18.6 Å². The Hall–Kier alpha value is -0.730. The zero-order chi connectivity index (χ0) is 11.5. The third-order valence-electron chi connectivity index (χ3n) is 1.88. The first kappa shape index (κ1) is 12.3. The summed E-state index contributed by atoms with van der Waals surface area (Å²) < 4.78 is 23.8. The van der Waals surface area contributed by atoms with Crippen molar-refractivity contribution in [3.63, 3.8) is 0 Å². The quantitative estimate of drug-likeness (QED) is 0.712. The molecule has 1 rings (SSSR count). The first-order valence-electron chi connectivity index (χ1n) is 4.36. The van der Waals surface area contributed by atoms with Crippen LogP contribution in [0.2, 0.25) is 0 Å². The molecular weight excluding hydrogens is 238 g/mol. The topological polar surface area (TPSA) is 88.0 Å². The molecule has 2 N–H and O–H groups in total. The van der Waals surface area contributed by atoms with Crippen molar-refractivity contribution in [3.8, 4) is 0 Å². The van der Waals surface area contributed by atoms with E-state index in [2.05, 4.69) is 10.2 Å². The van der Waals surface area contributed by atoms with E-state index < -0.39 is 9.84 Å². The van der Waals surface area contributed by atoms with Crippen molar-refractivity contribution >= 4 is 22.1 Å². The van der Waals surface area contributed by atoms with Crippen LogP contribution in [0.4, 0.5) is 0 Å². The summed E-state index contributed by atoms with van der Waals surface area (Å²) in [5.41, 5.74) is 0. The van der Waals surface area contributed by atoms with Gasteiger partial charge in [0.1, 0.15) is 16.4 Å². The molecule has 1 aromatic heterocycles. The maximum Gasteiger partial charge on any atom is 0.195 e. The van der Waals surface area contributed by atoms with E-state index >= 15 is 0 Å². The molecule has 0 aromatic carbocycles. The highest BCUT2D eigenvalue weighted by molar-refractivity contribution is 7.90. The molecule has 0 aliphatic rings. The molecule has 0 unspecified atom stereocenters. The minimum atomic E-state index is -2.95. The molecule has 6 nitrogen and oxygen atoms in total. The number of hydrogen-bond acceptors (Lipinski definition) is 5. The fraction of sp³-hybridized carbons (Fsp3) is 0.714. The molecule has 15 heavy (non-hydrogen) atoms. The van der Waals surface area contributed by atoms with Crippen molar-refractivity contribution in [3.05, 3.63) is 10.6 Å². The normalized spacial score (nSPS) is 11.9. The van der Waals surface area contributed by atoms with E-state index in [-0.39, 0.29) is 12.4 Å². The molecule has 0 aliphatic carbocycles. The van der Waals surface area contributed by atoms with Gasteiger partial charge in [-0.3, -0.25) is 5.10 Å². The molecule has 0 spiro atoms. The number of aliphatic hydroxyl groups is 1. The van der Waals surface area contributed by atoms with Gasteiger partial charge in [0.2, 0.25) is 0 Å². The molecule has 0 saturated carbocycles. The maximum atomic E-state index is 10.9. The van der Waals surface area contributed by atoms with E-state index in [0.717, 1.165) is 0 Å². The molecule has 0 bridgehead atoms. The van der Waals surface area contributed by atoms with Crippen LogP contribution >= 0.6 is 12.2 Å². The highest BCUT2D eigenvalue weighted by Crippen LogP contribution is 2.01. The summed E-state index contributed by atoms with van der Waals surface area (Å²) in [6, 6.07) is 0. The number of aromatic nitrogens is 3. The monoisotopic (exact) mass is 251 g/mol. The van der Waals surface area contributed by atoms with Gasteiger partial charge in [0, 0.05) is 12.8 Å². The summed E-state index contributed by atoms with van der Waals surface area (Å²) in [5.74, 6) is 0.527. The van der Waals surface area contributed by atoms with Gasteiger partial charge in [-0.1, -0.05) is 0 Å². The Morgan fingerprint density at radius 3 is 2.80 bits per heavy atom. The molecular formula is C7H13N3O3S2. The molecule has 8 heteroatoms. The molecule has 0 radical (unpaired) electrons. The van der Waals surface area contributed by atoms with Crippen molar-refractivity contribution in [2.45, 2.75) is 19.6 Å². The summed E-state index contributed by atoms with van der Waals surface area (Å²) in [7, 11) is -2.95. The number of hydrogen-bond donors (Lipinski definition) is 2. The Bertz CT molecular complexity index is 474. The van der Waals surface area contributed by atoms with Gasteiger partial charge in [0.15, 0.2) is 10.6 Å². The van der Waals surface area contributed by atoms with Crippen LogP contribution in [0.15, 0.2) is 0 Å². The predicted octanol–water partition coefficient (Wildman–Crippen LogP) is -0.132. The van der Waals surface area contributed by atoms with Crippen molar-refractivity contribution in [2.75, 3.05) is 12.0 Å². The molecule has 0 atom stereocenters. The third kappa shape index (κ3) is 3.73. The molecule has 0 amide bonds. The van der Waals surface area contributed by atoms with Gasteiger partial charge in [0.25, 0.3) is 0 Å². The molecule has 0 saturated heterocycles. The number of nitrogens with one attached hydrogen (secondary N) is 1. The van der Waals surface area contributed by atoms with E-state index in [1.165, 1.54) is 6.26 Å². The number of nitrogens with zero attached hydrogens (tertiary/aromatic N) is 2.